The molecule has 1 N–H and O–H groups in total. The van der Waals surface area contributed by atoms with Crippen LogP contribution in [0.5, 0.6) is 0 Å². The van der Waals surface area contributed by atoms with Crippen LogP contribution >= 0.6 is 34.4 Å². The summed E-state index contributed by atoms with van der Waals surface area (Å²) in [5, 5.41) is 0.825. The highest BCUT2D eigenvalue weighted by molar-refractivity contribution is 8.00. The van der Waals surface area contributed by atoms with Crippen LogP contribution in [0.4, 0.5) is 0 Å². The zero-order chi connectivity index (χ0) is 17.7. The Balaban J connectivity index is 1.45. The zero-order valence-electron chi connectivity index (χ0n) is 14.2. The predicted molar refractivity (Wildman–Crippen MR) is 111 cm³/mol. The first-order chi connectivity index (χ1) is 12.7. The van der Waals surface area contributed by atoms with Gasteiger partial charge in [-0.25, -0.2) is 9.97 Å². The smallest absolute Gasteiger partial charge is 0.259 e. The summed E-state index contributed by atoms with van der Waals surface area (Å²) in [6.45, 7) is 2.28. The molecule has 0 radical (unpaired) electrons. The Morgan fingerprint density at radius 3 is 3.04 bits per heavy atom. The molecule has 0 amide bonds. The summed E-state index contributed by atoms with van der Waals surface area (Å²) in [6, 6.07) is 8.14. The molecule has 3 heterocycles. The van der Waals surface area contributed by atoms with Crippen molar-refractivity contribution < 1.29 is 0 Å². The van der Waals surface area contributed by atoms with Gasteiger partial charge in [0.1, 0.15) is 10.7 Å². The molecule has 0 saturated heterocycles. The molecule has 0 saturated carbocycles. The van der Waals surface area contributed by atoms with Gasteiger partial charge < -0.3 is 4.98 Å². The second-order valence-corrected chi connectivity index (χ2v) is 10.1. The van der Waals surface area contributed by atoms with Gasteiger partial charge in [-0.05, 0) is 42.9 Å². The summed E-state index contributed by atoms with van der Waals surface area (Å²) >= 11 is 5.02. The van der Waals surface area contributed by atoms with Crippen molar-refractivity contribution in [3.8, 4) is 0 Å². The number of hydrogen-bond acceptors (Lipinski definition) is 6. The van der Waals surface area contributed by atoms with Gasteiger partial charge >= 0.3 is 0 Å². The van der Waals surface area contributed by atoms with Crippen molar-refractivity contribution >= 4 is 54.9 Å². The van der Waals surface area contributed by atoms with Crippen molar-refractivity contribution in [1.29, 1.82) is 0 Å². The number of para-hydroxylation sites is 1. The van der Waals surface area contributed by atoms with Gasteiger partial charge in [-0.3, -0.25) is 4.79 Å². The normalized spacial score (nSPS) is 17.0. The van der Waals surface area contributed by atoms with E-state index in [1.54, 1.807) is 34.4 Å². The van der Waals surface area contributed by atoms with Gasteiger partial charge in [0.2, 0.25) is 0 Å². The molecular weight excluding hydrogens is 382 g/mol. The Labute approximate surface area is 162 Å². The Morgan fingerprint density at radius 1 is 1.27 bits per heavy atom. The van der Waals surface area contributed by atoms with E-state index in [0.29, 0.717) is 11.7 Å². The van der Waals surface area contributed by atoms with E-state index in [1.165, 1.54) is 15.1 Å². The lowest BCUT2D eigenvalue weighted by atomic mass is 9.89. The van der Waals surface area contributed by atoms with Crippen LogP contribution in [-0.4, -0.2) is 15.0 Å². The van der Waals surface area contributed by atoms with Crippen LogP contribution in [0, 0.1) is 5.92 Å². The van der Waals surface area contributed by atoms with E-state index in [0.717, 1.165) is 45.2 Å². The quantitative estimate of drug-likeness (QED) is 0.492. The van der Waals surface area contributed by atoms with Crippen LogP contribution in [0.3, 0.4) is 0 Å². The van der Waals surface area contributed by atoms with Crippen LogP contribution < -0.4 is 5.56 Å². The van der Waals surface area contributed by atoms with E-state index in [4.69, 9.17) is 4.98 Å². The van der Waals surface area contributed by atoms with E-state index in [-0.39, 0.29) is 5.56 Å². The van der Waals surface area contributed by atoms with Crippen molar-refractivity contribution in [1.82, 2.24) is 15.0 Å². The van der Waals surface area contributed by atoms with Gasteiger partial charge in [-0.1, -0.05) is 30.8 Å². The number of aromatic nitrogens is 3. The lowest BCUT2D eigenvalue weighted by molar-refractivity contribution is 0.509. The van der Waals surface area contributed by atoms with Crippen LogP contribution in [0.1, 0.15) is 29.6 Å². The average molecular weight is 400 g/mol. The number of nitrogens with one attached hydrogen (secondary N) is 1. The van der Waals surface area contributed by atoms with Crippen LogP contribution in [-0.2, 0) is 18.6 Å². The second-order valence-electron chi connectivity index (χ2n) is 6.78. The fourth-order valence-corrected chi connectivity index (χ4v) is 6.85. The zero-order valence-corrected chi connectivity index (χ0v) is 16.7. The molecule has 0 fully saturated rings. The Morgan fingerprint density at radius 2 is 2.15 bits per heavy atom. The highest BCUT2D eigenvalue weighted by atomic mass is 32.2. The minimum atomic E-state index is 0.0157. The molecule has 26 heavy (non-hydrogen) atoms. The number of nitrogens with zero attached hydrogens (tertiary/aromatic N) is 2. The standard InChI is InChI=1S/C19H17N3OS3/c1-10-6-7-11-14(8-10)25-18-16(11)17(23)21-15(22-18)9-24-19-20-12-4-2-3-5-13(12)26-19/h2-5,10H,6-9H2,1H3,(H,21,22,23)/t10-/m0/s1. The Bertz CT molecular complexity index is 1140. The molecule has 4 aromatic rings. The summed E-state index contributed by atoms with van der Waals surface area (Å²) in [6.07, 6.45) is 3.24. The first-order valence-electron chi connectivity index (χ1n) is 8.69. The Kier molecular flexibility index (Phi) is 4.10. The van der Waals surface area contributed by atoms with Crippen molar-refractivity contribution in [2.45, 2.75) is 36.3 Å². The second kappa shape index (κ2) is 6.48. The molecule has 132 valence electrons. The third-order valence-electron chi connectivity index (χ3n) is 4.82. The number of aryl methyl sites for hydroxylation is 1. The number of hydrogen-bond donors (Lipinski definition) is 1. The molecule has 5 rings (SSSR count). The minimum Gasteiger partial charge on any atom is -0.309 e. The summed E-state index contributed by atoms with van der Waals surface area (Å²) in [7, 11) is 0. The van der Waals surface area contributed by atoms with Gasteiger partial charge in [0, 0.05) is 4.88 Å². The largest absolute Gasteiger partial charge is 0.309 e. The maximum atomic E-state index is 12.7. The number of aromatic amines is 1. The SMILES string of the molecule is C[C@H]1CCc2c(sc3nc(CSc4nc5ccccc5s4)[nH]c(=O)c23)C1. The Hall–Kier alpha value is -1.70. The summed E-state index contributed by atoms with van der Waals surface area (Å²) < 4.78 is 2.19. The molecular formula is C19H17N3OS3. The number of H-pyrrole nitrogens is 1. The van der Waals surface area contributed by atoms with Crippen LogP contribution in [0.15, 0.2) is 33.4 Å². The maximum absolute atomic E-state index is 12.7. The molecule has 0 spiro atoms. The molecule has 1 aromatic carbocycles. The summed E-state index contributed by atoms with van der Waals surface area (Å²) in [5.74, 6) is 2.06. The van der Waals surface area contributed by atoms with E-state index in [9.17, 15) is 4.79 Å². The molecule has 3 aromatic heterocycles. The fourth-order valence-electron chi connectivity index (χ4n) is 3.50. The van der Waals surface area contributed by atoms with Crippen LogP contribution in [0.25, 0.3) is 20.4 Å². The summed E-state index contributed by atoms with van der Waals surface area (Å²) in [5.41, 5.74) is 2.28. The number of thiazole rings is 1. The third-order valence-corrected chi connectivity index (χ3v) is 8.16. The highest BCUT2D eigenvalue weighted by Crippen LogP contribution is 2.36. The van der Waals surface area contributed by atoms with Gasteiger partial charge in [0.15, 0.2) is 4.34 Å². The predicted octanol–water partition coefficient (Wildman–Crippen LogP) is 5.01. The van der Waals surface area contributed by atoms with Gasteiger partial charge in [-0.2, -0.15) is 0 Å². The van der Waals surface area contributed by atoms with Crippen molar-refractivity contribution in [3.05, 3.63) is 50.9 Å². The molecule has 1 aliphatic carbocycles. The van der Waals surface area contributed by atoms with Crippen LogP contribution in [0.2, 0.25) is 0 Å². The number of thiophene rings is 1. The first-order valence-corrected chi connectivity index (χ1v) is 11.3. The number of thioether (sulfide) groups is 1. The fraction of sp³-hybridized carbons (Fsp3) is 0.316. The van der Waals surface area contributed by atoms with Gasteiger partial charge in [0.25, 0.3) is 5.56 Å². The summed E-state index contributed by atoms with van der Waals surface area (Å²) in [4.78, 5) is 27.3. The highest BCUT2D eigenvalue weighted by Gasteiger charge is 2.23. The number of fused-ring (bicyclic) bond motifs is 4. The third kappa shape index (κ3) is 2.88. The van der Waals surface area contributed by atoms with E-state index >= 15 is 0 Å². The molecule has 7 heteroatoms. The monoisotopic (exact) mass is 399 g/mol. The van der Waals surface area contributed by atoms with Crippen molar-refractivity contribution in [2.24, 2.45) is 5.92 Å². The van der Waals surface area contributed by atoms with Gasteiger partial charge in [-0.15, -0.1) is 22.7 Å². The minimum absolute atomic E-state index is 0.0157. The molecule has 0 bridgehead atoms. The van der Waals surface area contributed by atoms with Gasteiger partial charge in [0.05, 0.1) is 21.4 Å². The molecule has 0 aliphatic heterocycles. The average Bonchev–Trinajstić information content (AvgIpc) is 3.19. The molecule has 1 atom stereocenters. The number of benzene rings is 1. The maximum Gasteiger partial charge on any atom is 0.259 e. The molecule has 4 nitrogen and oxygen atoms in total. The topological polar surface area (TPSA) is 58.6 Å². The molecule has 0 unspecified atom stereocenters. The molecule has 1 aliphatic rings. The lowest BCUT2D eigenvalue weighted by Gasteiger charge is -2.17. The van der Waals surface area contributed by atoms with E-state index in [2.05, 4.69) is 23.0 Å². The lowest BCUT2D eigenvalue weighted by Crippen LogP contribution is -2.14. The number of rotatable bonds is 3. The van der Waals surface area contributed by atoms with E-state index < -0.39 is 0 Å². The first kappa shape index (κ1) is 16.5. The van der Waals surface area contributed by atoms with Crippen molar-refractivity contribution in [2.75, 3.05) is 0 Å². The van der Waals surface area contributed by atoms with E-state index in [1.807, 2.05) is 18.2 Å². The van der Waals surface area contributed by atoms with Crippen molar-refractivity contribution in [3.63, 3.8) is 0 Å².